The quantitative estimate of drug-likeness (QED) is 0.781. The second kappa shape index (κ2) is 4.56. The Morgan fingerprint density at radius 1 is 1.53 bits per heavy atom. The van der Waals surface area contributed by atoms with Crippen LogP contribution >= 0.6 is 0 Å². The largest absolute Gasteiger partial charge is 0.316 e. The number of hydrogen-bond acceptors (Lipinski definition) is 4. The minimum Gasteiger partial charge on any atom is -0.316 e. The third-order valence-corrected chi connectivity index (χ3v) is 6.37. The maximum Gasteiger partial charge on any atom is 0.230 e. The van der Waals surface area contributed by atoms with Gasteiger partial charge in [0.1, 0.15) is 0 Å². The van der Waals surface area contributed by atoms with E-state index in [2.05, 4.69) is 5.32 Å². The second-order valence-electron chi connectivity index (χ2n) is 4.96. The van der Waals surface area contributed by atoms with Crippen LogP contribution in [-0.4, -0.2) is 43.6 Å². The molecule has 96 valence electrons. The van der Waals surface area contributed by atoms with Gasteiger partial charge in [-0.1, -0.05) is 6.92 Å². The van der Waals surface area contributed by atoms with E-state index in [-0.39, 0.29) is 6.04 Å². The van der Waals surface area contributed by atoms with Gasteiger partial charge in [-0.3, -0.25) is 0 Å². The minimum absolute atomic E-state index is 0.0161. The van der Waals surface area contributed by atoms with Crippen molar-refractivity contribution in [2.75, 3.05) is 19.6 Å². The Labute approximate surface area is 103 Å². The molecule has 2 heterocycles. The summed E-state index contributed by atoms with van der Waals surface area (Å²) in [7, 11) is -3.45. The van der Waals surface area contributed by atoms with Crippen molar-refractivity contribution in [2.45, 2.75) is 31.6 Å². The van der Waals surface area contributed by atoms with Gasteiger partial charge < -0.3 is 5.32 Å². The molecule has 5 nitrogen and oxygen atoms in total. The van der Waals surface area contributed by atoms with Crippen molar-refractivity contribution in [1.82, 2.24) is 9.62 Å². The van der Waals surface area contributed by atoms with Crippen LogP contribution in [0.1, 0.15) is 20.3 Å². The normalized spacial score (nSPS) is 35.5. The van der Waals surface area contributed by atoms with E-state index in [4.69, 9.17) is 5.26 Å². The van der Waals surface area contributed by atoms with Crippen molar-refractivity contribution in [3.63, 3.8) is 0 Å². The van der Waals surface area contributed by atoms with Crippen LogP contribution in [-0.2, 0) is 10.0 Å². The molecule has 0 spiro atoms. The average molecular weight is 257 g/mol. The third kappa shape index (κ3) is 1.96. The van der Waals surface area contributed by atoms with E-state index in [1.165, 1.54) is 0 Å². The van der Waals surface area contributed by atoms with Crippen molar-refractivity contribution >= 4 is 10.0 Å². The molecule has 4 unspecified atom stereocenters. The summed E-state index contributed by atoms with van der Waals surface area (Å²) in [6.07, 6.45) is 0.357. The molecular weight excluding hydrogens is 238 g/mol. The summed E-state index contributed by atoms with van der Waals surface area (Å²) < 4.78 is 26.2. The van der Waals surface area contributed by atoms with Gasteiger partial charge >= 0.3 is 0 Å². The fourth-order valence-electron chi connectivity index (χ4n) is 3.00. The Kier molecular flexibility index (Phi) is 3.43. The van der Waals surface area contributed by atoms with E-state index in [1.807, 2.05) is 13.0 Å². The number of nitrogens with zero attached hydrogens (tertiary/aromatic N) is 2. The minimum atomic E-state index is -3.45. The summed E-state index contributed by atoms with van der Waals surface area (Å²) in [5, 5.41) is 11.3. The lowest BCUT2D eigenvalue weighted by Gasteiger charge is -2.25. The van der Waals surface area contributed by atoms with E-state index in [0.29, 0.717) is 24.8 Å². The number of nitriles is 1. The van der Waals surface area contributed by atoms with Crippen molar-refractivity contribution in [3.8, 4) is 6.07 Å². The molecule has 4 atom stereocenters. The van der Waals surface area contributed by atoms with E-state index < -0.39 is 15.3 Å². The molecule has 0 aromatic rings. The van der Waals surface area contributed by atoms with Crippen LogP contribution in [0.3, 0.4) is 0 Å². The van der Waals surface area contributed by atoms with Gasteiger partial charge in [0, 0.05) is 12.6 Å². The van der Waals surface area contributed by atoms with Gasteiger partial charge in [0.2, 0.25) is 10.0 Å². The lowest BCUT2D eigenvalue weighted by Crippen LogP contribution is -2.42. The smallest absolute Gasteiger partial charge is 0.230 e. The van der Waals surface area contributed by atoms with Crippen LogP contribution in [0.15, 0.2) is 0 Å². The monoisotopic (exact) mass is 257 g/mol. The van der Waals surface area contributed by atoms with Gasteiger partial charge in [-0.05, 0) is 38.3 Å². The van der Waals surface area contributed by atoms with Gasteiger partial charge in [-0.15, -0.1) is 0 Å². The zero-order valence-electron chi connectivity index (χ0n) is 10.3. The van der Waals surface area contributed by atoms with Crippen LogP contribution in [0.5, 0.6) is 0 Å². The summed E-state index contributed by atoms with van der Waals surface area (Å²) >= 11 is 0. The van der Waals surface area contributed by atoms with E-state index in [9.17, 15) is 8.42 Å². The lowest BCUT2D eigenvalue weighted by atomic mass is 9.95. The molecule has 2 aliphatic rings. The fourth-order valence-corrected chi connectivity index (χ4v) is 4.90. The standard InChI is InChI=1S/C11H19N3O2S/c1-3-10(4-12)17(15,16)14-7-9-5-13-6-11(9)8(14)2/h8-11,13H,3,5-7H2,1-2H3. The lowest BCUT2D eigenvalue weighted by molar-refractivity contribution is 0.358. The number of nitrogens with one attached hydrogen (secondary N) is 1. The van der Waals surface area contributed by atoms with Crippen LogP contribution in [0.25, 0.3) is 0 Å². The van der Waals surface area contributed by atoms with Crippen LogP contribution in [0.4, 0.5) is 0 Å². The maximum atomic E-state index is 12.3. The summed E-state index contributed by atoms with van der Waals surface area (Å²) in [5.74, 6) is 0.817. The first kappa shape index (κ1) is 12.8. The molecule has 0 aliphatic carbocycles. The second-order valence-corrected chi connectivity index (χ2v) is 7.03. The highest BCUT2D eigenvalue weighted by Crippen LogP contribution is 2.35. The van der Waals surface area contributed by atoms with Gasteiger partial charge in [0.05, 0.1) is 6.07 Å². The first-order valence-electron chi connectivity index (χ1n) is 6.13. The van der Waals surface area contributed by atoms with Gasteiger partial charge in [0.15, 0.2) is 5.25 Å². The van der Waals surface area contributed by atoms with Gasteiger partial charge in [-0.25, -0.2) is 8.42 Å². The highest BCUT2D eigenvalue weighted by Gasteiger charge is 2.48. The van der Waals surface area contributed by atoms with Crippen molar-refractivity contribution in [2.24, 2.45) is 11.8 Å². The summed E-state index contributed by atoms with van der Waals surface area (Å²) in [4.78, 5) is 0. The average Bonchev–Trinajstić information content (AvgIpc) is 2.83. The van der Waals surface area contributed by atoms with Crippen molar-refractivity contribution in [3.05, 3.63) is 0 Å². The Morgan fingerprint density at radius 3 is 2.76 bits per heavy atom. The summed E-state index contributed by atoms with van der Waals surface area (Å²) in [6.45, 7) is 6.05. The predicted molar refractivity (Wildman–Crippen MR) is 64.6 cm³/mol. The number of rotatable bonds is 3. The van der Waals surface area contributed by atoms with Gasteiger partial charge in [0.25, 0.3) is 0 Å². The predicted octanol–water partition coefficient (Wildman–Crippen LogP) is 0.158. The Bertz CT molecular complexity index is 428. The first-order valence-corrected chi connectivity index (χ1v) is 7.63. The SMILES string of the molecule is CCC(C#N)S(=O)(=O)N1CC2CNCC2C1C. The summed E-state index contributed by atoms with van der Waals surface area (Å²) in [5.41, 5.74) is 0. The molecule has 0 aromatic carbocycles. The highest BCUT2D eigenvalue weighted by molar-refractivity contribution is 7.90. The molecule has 17 heavy (non-hydrogen) atoms. The molecule has 2 rings (SSSR count). The summed E-state index contributed by atoms with van der Waals surface area (Å²) in [6, 6.07) is 1.93. The van der Waals surface area contributed by atoms with Crippen LogP contribution in [0, 0.1) is 23.2 Å². The molecule has 6 heteroatoms. The maximum absolute atomic E-state index is 12.3. The zero-order valence-corrected chi connectivity index (χ0v) is 11.1. The molecule has 0 radical (unpaired) electrons. The molecule has 1 N–H and O–H groups in total. The van der Waals surface area contributed by atoms with E-state index in [0.717, 1.165) is 13.1 Å². The van der Waals surface area contributed by atoms with Gasteiger partial charge in [-0.2, -0.15) is 9.57 Å². The number of hydrogen-bond donors (Lipinski definition) is 1. The molecule has 2 saturated heterocycles. The molecule has 2 aliphatic heterocycles. The molecule has 0 bridgehead atoms. The topological polar surface area (TPSA) is 73.2 Å². The number of fused-ring (bicyclic) bond motifs is 1. The van der Waals surface area contributed by atoms with E-state index >= 15 is 0 Å². The van der Waals surface area contributed by atoms with Crippen molar-refractivity contribution < 1.29 is 8.42 Å². The molecule has 2 fully saturated rings. The highest BCUT2D eigenvalue weighted by atomic mass is 32.2. The Hall–Kier alpha value is -0.640. The number of sulfonamides is 1. The Morgan fingerprint density at radius 2 is 2.24 bits per heavy atom. The molecule has 0 amide bonds. The van der Waals surface area contributed by atoms with Crippen LogP contribution < -0.4 is 5.32 Å². The van der Waals surface area contributed by atoms with Crippen LogP contribution in [0.2, 0.25) is 0 Å². The zero-order chi connectivity index (χ0) is 12.6. The fraction of sp³-hybridized carbons (Fsp3) is 0.909. The third-order valence-electron chi connectivity index (χ3n) is 4.08. The molecule has 0 saturated carbocycles. The first-order chi connectivity index (χ1) is 8.02. The molecular formula is C11H19N3O2S. The van der Waals surface area contributed by atoms with Crippen molar-refractivity contribution in [1.29, 1.82) is 5.26 Å². The molecule has 0 aromatic heterocycles. The van der Waals surface area contributed by atoms with E-state index in [1.54, 1.807) is 11.2 Å². The Balaban J connectivity index is 2.22.